The summed E-state index contributed by atoms with van der Waals surface area (Å²) in [7, 11) is 1.70. The van der Waals surface area contributed by atoms with Crippen molar-refractivity contribution in [2.75, 3.05) is 10.6 Å². The van der Waals surface area contributed by atoms with Gasteiger partial charge in [0.15, 0.2) is 5.65 Å². The van der Waals surface area contributed by atoms with E-state index in [0.29, 0.717) is 16.7 Å². The zero-order chi connectivity index (χ0) is 23.0. The van der Waals surface area contributed by atoms with Gasteiger partial charge < -0.3 is 15.1 Å². The Balaban J connectivity index is 1.62. The van der Waals surface area contributed by atoms with Gasteiger partial charge in [0.1, 0.15) is 6.26 Å². The number of hydrogen-bond acceptors (Lipinski definition) is 5. The molecular formula is C21H16F3N5O3. The molecule has 32 heavy (non-hydrogen) atoms. The number of carbonyl (C=O) groups excluding carboxylic acids is 2. The summed E-state index contributed by atoms with van der Waals surface area (Å²) in [6.07, 6.45) is -1.07. The van der Waals surface area contributed by atoms with E-state index in [9.17, 15) is 22.8 Å². The Morgan fingerprint density at radius 1 is 1.06 bits per heavy atom. The van der Waals surface area contributed by atoms with Crippen molar-refractivity contribution in [1.29, 1.82) is 0 Å². The molecular weight excluding hydrogens is 427 g/mol. The van der Waals surface area contributed by atoms with Crippen molar-refractivity contribution in [2.45, 2.75) is 13.1 Å². The number of fused-ring (bicyclic) bond motifs is 1. The molecule has 2 N–H and O–H groups in total. The first-order valence-corrected chi connectivity index (χ1v) is 9.29. The van der Waals surface area contributed by atoms with Crippen LogP contribution >= 0.6 is 0 Å². The Morgan fingerprint density at radius 2 is 1.81 bits per heavy atom. The van der Waals surface area contributed by atoms with Gasteiger partial charge in [0.2, 0.25) is 0 Å². The molecule has 0 atom stereocenters. The second-order valence-corrected chi connectivity index (χ2v) is 6.98. The van der Waals surface area contributed by atoms with E-state index in [1.54, 1.807) is 18.7 Å². The van der Waals surface area contributed by atoms with E-state index < -0.39 is 29.2 Å². The fraction of sp³-hybridized carbons (Fsp3) is 0.143. The number of hydrogen-bond donors (Lipinski definition) is 2. The molecule has 4 rings (SSSR count). The van der Waals surface area contributed by atoms with E-state index in [2.05, 4.69) is 20.7 Å². The number of alkyl halides is 3. The Morgan fingerprint density at radius 3 is 2.50 bits per heavy atom. The first-order chi connectivity index (χ1) is 15.1. The predicted octanol–water partition coefficient (Wildman–Crippen LogP) is 4.39. The largest absolute Gasteiger partial charge is 0.472 e. The molecule has 11 heteroatoms. The summed E-state index contributed by atoms with van der Waals surface area (Å²) in [6.45, 7) is 1.74. The molecule has 0 fully saturated rings. The fourth-order valence-corrected chi connectivity index (χ4v) is 3.19. The third-order valence-corrected chi connectivity index (χ3v) is 4.74. The van der Waals surface area contributed by atoms with E-state index in [0.717, 1.165) is 12.1 Å². The topological polar surface area (TPSA) is 102 Å². The number of benzene rings is 1. The maximum absolute atomic E-state index is 13.7. The molecule has 3 aromatic heterocycles. The van der Waals surface area contributed by atoms with Crippen molar-refractivity contribution in [3.05, 3.63) is 71.4 Å². The molecule has 0 spiro atoms. The third-order valence-electron chi connectivity index (χ3n) is 4.74. The summed E-state index contributed by atoms with van der Waals surface area (Å²) in [6, 6.07) is 5.99. The number of anilines is 2. The smallest absolute Gasteiger partial charge is 0.418 e. The number of carbonyl (C=O) groups is 2. The first-order valence-electron chi connectivity index (χ1n) is 9.29. The second kappa shape index (κ2) is 7.84. The van der Waals surface area contributed by atoms with Crippen LogP contribution in [0.5, 0.6) is 0 Å². The number of rotatable bonds is 4. The number of nitrogens with zero attached hydrogens (tertiary/aromatic N) is 3. The van der Waals surface area contributed by atoms with Crippen LogP contribution in [-0.2, 0) is 13.2 Å². The minimum atomic E-state index is -4.78. The molecule has 164 valence electrons. The number of aryl methyl sites for hydroxylation is 2. The minimum absolute atomic E-state index is 0.0825. The lowest BCUT2D eigenvalue weighted by Crippen LogP contribution is -2.18. The lowest BCUT2D eigenvalue weighted by Gasteiger charge is -2.16. The predicted molar refractivity (Wildman–Crippen MR) is 109 cm³/mol. The maximum Gasteiger partial charge on any atom is 0.418 e. The second-order valence-electron chi connectivity index (χ2n) is 6.98. The summed E-state index contributed by atoms with van der Waals surface area (Å²) in [5.74, 6) is -1.39. The Kier molecular flexibility index (Phi) is 5.17. The first kappa shape index (κ1) is 21.1. The highest BCUT2D eigenvalue weighted by atomic mass is 19.4. The van der Waals surface area contributed by atoms with Crippen molar-refractivity contribution in [3.8, 4) is 0 Å². The van der Waals surface area contributed by atoms with Crippen LogP contribution in [0.1, 0.15) is 32.0 Å². The van der Waals surface area contributed by atoms with Crippen LogP contribution in [0.4, 0.5) is 24.5 Å². The zero-order valence-corrected chi connectivity index (χ0v) is 16.8. The monoisotopic (exact) mass is 443 g/mol. The van der Waals surface area contributed by atoms with Gasteiger partial charge in [-0.1, -0.05) is 0 Å². The molecule has 1 aromatic carbocycles. The highest BCUT2D eigenvalue weighted by Crippen LogP contribution is 2.37. The van der Waals surface area contributed by atoms with Gasteiger partial charge in [-0.3, -0.25) is 14.3 Å². The van der Waals surface area contributed by atoms with Crippen LogP contribution in [0.2, 0.25) is 0 Å². The maximum atomic E-state index is 13.7. The summed E-state index contributed by atoms with van der Waals surface area (Å²) in [5.41, 5.74) is -0.223. The number of furan rings is 1. The Bertz CT molecular complexity index is 1330. The number of pyridine rings is 1. The molecule has 0 radical (unpaired) electrons. The lowest BCUT2D eigenvalue weighted by molar-refractivity contribution is -0.136. The number of nitrogens with one attached hydrogen (secondary N) is 2. The van der Waals surface area contributed by atoms with Crippen LogP contribution in [0.15, 0.2) is 53.5 Å². The molecule has 8 nitrogen and oxygen atoms in total. The van der Waals surface area contributed by atoms with Crippen LogP contribution in [0, 0.1) is 6.92 Å². The van der Waals surface area contributed by atoms with E-state index in [4.69, 9.17) is 4.42 Å². The van der Waals surface area contributed by atoms with Crippen LogP contribution in [-0.4, -0.2) is 26.6 Å². The van der Waals surface area contributed by atoms with Crippen LogP contribution < -0.4 is 10.6 Å². The Labute approximate surface area is 179 Å². The van der Waals surface area contributed by atoms with Gasteiger partial charge in [-0.05, 0) is 37.3 Å². The van der Waals surface area contributed by atoms with Crippen molar-refractivity contribution >= 4 is 34.2 Å². The summed E-state index contributed by atoms with van der Waals surface area (Å²) >= 11 is 0. The van der Waals surface area contributed by atoms with Crippen LogP contribution in [0.25, 0.3) is 11.0 Å². The van der Waals surface area contributed by atoms with Gasteiger partial charge in [0, 0.05) is 24.3 Å². The molecule has 3 heterocycles. The highest BCUT2D eigenvalue weighted by Gasteiger charge is 2.34. The van der Waals surface area contributed by atoms with Gasteiger partial charge in [-0.15, -0.1) is 0 Å². The van der Waals surface area contributed by atoms with E-state index in [1.807, 2.05) is 0 Å². The molecule has 2 amide bonds. The molecule has 0 saturated heterocycles. The van der Waals surface area contributed by atoms with Crippen molar-refractivity contribution in [1.82, 2.24) is 14.8 Å². The minimum Gasteiger partial charge on any atom is -0.472 e. The SMILES string of the molecule is Cc1nn(C)c2ncc(C(=O)Nc3ccc(NC(=O)c4ccoc4)cc3C(F)(F)F)cc12. The van der Waals surface area contributed by atoms with Gasteiger partial charge >= 0.3 is 6.18 Å². The molecule has 0 unspecified atom stereocenters. The summed E-state index contributed by atoms with van der Waals surface area (Å²) in [5, 5.41) is 9.47. The number of aromatic nitrogens is 3. The van der Waals surface area contributed by atoms with Crippen molar-refractivity contribution < 1.29 is 27.2 Å². The van der Waals surface area contributed by atoms with Gasteiger partial charge in [0.05, 0.1) is 34.3 Å². The van der Waals surface area contributed by atoms with Gasteiger partial charge in [-0.25, -0.2) is 4.98 Å². The molecule has 0 bridgehead atoms. The number of amides is 2. The fourth-order valence-electron chi connectivity index (χ4n) is 3.19. The standard InChI is InChI=1S/C21H16F3N5O3/c1-11-15-7-13(9-25-18(15)29(2)28-11)20(31)27-17-4-3-14(8-16(17)21(22,23)24)26-19(30)12-5-6-32-10-12/h3-10H,1-2H3,(H,26,30)(H,27,31). The van der Waals surface area contributed by atoms with Crippen LogP contribution in [0.3, 0.4) is 0 Å². The highest BCUT2D eigenvalue weighted by molar-refractivity contribution is 6.07. The number of halogens is 3. The van der Waals surface area contributed by atoms with Gasteiger partial charge in [0.25, 0.3) is 11.8 Å². The zero-order valence-electron chi connectivity index (χ0n) is 16.8. The molecule has 0 aliphatic rings. The summed E-state index contributed by atoms with van der Waals surface area (Å²) in [4.78, 5) is 28.9. The summed E-state index contributed by atoms with van der Waals surface area (Å²) < 4.78 is 47.3. The lowest BCUT2D eigenvalue weighted by atomic mass is 10.1. The van der Waals surface area contributed by atoms with E-state index >= 15 is 0 Å². The van der Waals surface area contributed by atoms with E-state index in [1.165, 1.54) is 36.9 Å². The normalized spacial score (nSPS) is 11.5. The molecule has 4 aromatic rings. The average molecular weight is 443 g/mol. The molecule has 0 aliphatic heterocycles. The quantitative estimate of drug-likeness (QED) is 0.487. The average Bonchev–Trinajstić information content (AvgIpc) is 3.37. The molecule has 0 aliphatic carbocycles. The Hall–Kier alpha value is -4.15. The third kappa shape index (κ3) is 4.04. The molecule has 0 saturated carbocycles. The van der Waals surface area contributed by atoms with Crippen molar-refractivity contribution in [2.24, 2.45) is 7.05 Å². The van der Waals surface area contributed by atoms with E-state index in [-0.39, 0.29) is 16.8 Å². The van der Waals surface area contributed by atoms with Crippen molar-refractivity contribution in [3.63, 3.8) is 0 Å². The van der Waals surface area contributed by atoms with Gasteiger partial charge in [-0.2, -0.15) is 18.3 Å².